The molecule has 0 fully saturated rings. The van der Waals surface area contributed by atoms with Gasteiger partial charge in [-0.3, -0.25) is 14.5 Å². The molecule has 0 radical (unpaired) electrons. The van der Waals surface area contributed by atoms with Gasteiger partial charge in [0, 0.05) is 25.4 Å². The summed E-state index contributed by atoms with van der Waals surface area (Å²) in [5.41, 5.74) is 1.98. The average Bonchev–Trinajstić information content (AvgIpc) is 3.45. The van der Waals surface area contributed by atoms with Crippen molar-refractivity contribution in [3.63, 3.8) is 0 Å². The van der Waals surface area contributed by atoms with Gasteiger partial charge in [-0.1, -0.05) is 27.5 Å². The third-order valence-electron chi connectivity index (χ3n) is 5.41. The standard InChI is InChI=1S/C24H15BrClNO4S/c1-12-8-9-32-23(12)20-19(21(28)18-11-13-10-14(25)2-7-17(13)31-18)22(29)24(30)27(20)16-5-3-15(26)4-6-16/h2-11,20,29H,1H3. The Labute approximate surface area is 200 Å². The number of hydrogen-bond acceptors (Lipinski definition) is 5. The second-order valence-corrected chi connectivity index (χ2v) is 9.71. The zero-order chi connectivity index (χ0) is 22.6. The number of carbonyl (C=O) groups excluding carboxylic acids is 2. The van der Waals surface area contributed by atoms with Gasteiger partial charge in [0.05, 0.1) is 5.57 Å². The van der Waals surface area contributed by atoms with Crippen LogP contribution in [0, 0.1) is 6.92 Å². The van der Waals surface area contributed by atoms with Crippen LogP contribution in [-0.4, -0.2) is 16.8 Å². The molecule has 32 heavy (non-hydrogen) atoms. The van der Waals surface area contributed by atoms with E-state index in [0.29, 0.717) is 16.3 Å². The van der Waals surface area contributed by atoms with Crippen molar-refractivity contribution >= 4 is 67.2 Å². The SMILES string of the molecule is Cc1ccsc1C1C(C(=O)c2cc3cc(Br)ccc3o2)=C(O)C(=O)N1c1ccc(Cl)cc1. The van der Waals surface area contributed by atoms with E-state index < -0.39 is 23.5 Å². The Morgan fingerprint density at radius 1 is 1.16 bits per heavy atom. The second kappa shape index (κ2) is 7.92. The lowest BCUT2D eigenvalue weighted by Gasteiger charge is -2.26. The van der Waals surface area contributed by atoms with Gasteiger partial charge in [0.2, 0.25) is 5.78 Å². The van der Waals surface area contributed by atoms with Crippen LogP contribution in [0.1, 0.15) is 27.0 Å². The largest absolute Gasteiger partial charge is 0.503 e. The van der Waals surface area contributed by atoms with Gasteiger partial charge in [0.25, 0.3) is 5.91 Å². The first-order valence-corrected chi connectivity index (χ1v) is 11.7. The van der Waals surface area contributed by atoms with E-state index in [4.69, 9.17) is 16.0 Å². The molecule has 4 aromatic rings. The molecule has 5 nitrogen and oxygen atoms in total. The minimum Gasteiger partial charge on any atom is -0.503 e. The summed E-state index contributed by atoms with van der Waals surface area (Å²) in [6, 6.07) is 14.9. The third-order valence-corrected chi connectivity index (χ3v) is 7.23. The number of halogens is 2. The highest BCUT2D eigenvalue weighted by Gasteiger charge is 2.46. The normalized spacial score (nSPS) is 16.4. The molecule has 1 amide bonds. The second-order valence-electron chi connectivity index (χ2n) is 7.41. The molecule has 0 aliphatic carbocycles. The van der Waals surface area contributed by atoms with Gasteiger partial charge >= 0.3 is 0 Å². The number of furan rings is 1. The number of fused-ring (bicyclic) bond motifs is 1. The maximum atomic E-state index is 13.6. The van der Waals surface area contributed by atoms with E-state index in [0.717, 1.165) is 20.3 Å². The molecular weight excluding hydrogens is 514 g/mol. The summed E-state index contributed by atoms with van der Waals surface area (Å²) in [5.74, 6) is -1.70. The van der Waals surface area contributed by atoms with Crippen LogP contribution in [0.2, 0.25) is 5.02 Å². The van der Waals surface area contributed by atoms with Gasteiger partial charge in [-0.15, -0.1) is 11.3 Å². The van der Waals surface area contributed by atoms with E-state index in [2.05, 4.69) is 15.9 Å². The summed E-state index contributed by atoms with van der Waals surface area (Å²) in [6.45, 7) is 1.91. The Kier molecular flexibility index (Phi) is 5.20. The van der Waals surface area contributed by atoms with Crippen molar-refractivity contribution < 1.29 is 19.1 Å². The van der Waals surface area contributed by atoms with Crippen molar-refractivity contribution in [2.45, 2.75) is 13.0 Å². The van der Waals surface area contributed by atoms with E-state index in [1.165, 1.54) is 16.2 Å². The fraction of sp³-hybridized carbons (Fsp3) is 0.0833. The minimum absolute atomic E-state index is 0.00591. The topological polar surface area (TPSA) is 70.7 Å². The Bertz CT molecular complexity index is 1420. The highest BCUT2D eigenvalue weighted by Crippen LogP contribution is 2.45. The fourth-order valence-electron chi connectivity index (χ4n) is 3.88. The number of amides is 1. The number of anilines is 1. The zero-order valence-electron chi connectivity index (χ0n) is 16.6. The first-order valence-electron chi connectivity index (χ1n) is 9.65. The van der Waals surface area contributed by atoms with Gasteiger partial charge < -0.3 is 9.52 Å². The van der Waals surface area contributed by atoms with E-state index in [-0.39, 0.29) is 11.3 Å². The van der Waals surface area contributed by atoms with E-state index in [1.54, 1.807) is 36.4 Å². The summed E-state index contributed by atoms with van der Waals surface area (Å²) >= 11 is 10.9. The number of ketones is 1. The van der Waals surface area contributed by atoms with Crippen LogP contribution in [0.5, 0.6) is 0 Å². The molecule has 2 aromatic carbocycles. The van der Waals surface area contributed by atoms with Crippen LogP contribution in [0.3, 0.4) is 0 Å². The number of rotatable bonds is 4. The number of thiophene rings is 1. The lowest BCUT2D eigenvalue weighted by Crippen LogP contribution is -2.30. The Balaban J connectivity index is 1.66. The summed E-state index contributed by atoms with van der Waals surface area (Å²) < 4.78 is 6.62. The van der Waals surface area contributed by atoms with Crippen LogP contribution >= 0.6 is 38.9 Å². The highest BCUT2D eigenvalue weighted by molar-refractivity contribution is 9.10. The molecule has 160 valence electrons. The van der Waals surface area contributed by atoms with Crippen molar-refractivity contribution in [3.8, 4) is 0 Å². The lowest BCUT2D eigenvalue weighted by molar-refractivity contribution is -0.117. The molecule has 1 aliphatic heterocycles. The molecule has 0 bridgehead atoms. The number of aliphatic hydroxyl groups is 1. The quantitative estimate of drug-likeness (QED) is 0.289. The number of aliphatic hydroxyl groups excluding tert-OH is 1. The van der Waals surface area contributed by atoms with Crippen molar-refractivity contribution in [3.05, 3.63) is 97.0 Å². The van der Waals surface area contributed by atoms with Gasteiger partial charge in [-0.05, 0) is 72.5 Å². The van der Waals surface area contributed by atoms with Gasteiger partial charge in [-0.2, -0.15) is 0 Å². The molecule has 1 atom stereocenters. The first-order chi connectivity index (χ1) is 15.3. The van der Waals surface area contributed by atoms with E-state index in [9.17, 15) is 14.7 Å². The maximum Gasteiger partial charge on any atom is 0.294 e. The smallest absolute Gasteiger partial charge is 0.294 e. The fourth-order valence-corrected chi connectivity index (χ4v) is 5.41. The van der Waals surface area contributed by atoms with Gasteiger partial charge in [0.1, 0.15) is 11.6 Å². The minimum atomic E-state index is -0.781. The van der Waals surface area contributed by atoms with Crippen molar-refractivity contribution in [1.29, 1.82) is 0 Å². The van der Waals surface area contributed by atoms with Crippen molar-refractivity contribution in [2.75, 3.05) is 4.90 Å². The summed E-state index contributed by atoms with van der Waals surface area (Å²) in [6.07, 6.45) is 0. The molecule has 1 N–H and O–H groups in total. The molecule has 1 unspecified atom stereocenters. The predicted molar refractivity (Wildman–Crippen MR) is 129 cm³/mol. The van der Waals surface area contributed by atoms with Crippen LogP contribution in [-0.2, 0) is 4.79 Å². The molecular formula is C24H15BrClNO4S. The molecule has 0 saturated heterocycles. The Morgan fingerprint density at radius 2 is 1.91 bits per heavy atom. The Hall–Kier alpha value is -2.87. The summed E-state index contributed by atoms with van der Waals surface area (Å²) in [5, 5.41) is 14.0. The Morgan fingerprint density at radius 3 is 2.59 bits per heavy atom. The molecule has 8 heteroatoms. The number of hydrogen-bond donors (Lipinski definition) is 1. The van der Waals surface area contributed by atoms with Crippen molar-refractivity contribution in [1.82, 2.24) is 0 Å². The highest BCUT2D eigenvalue weighted by atomic mass is 79.9. The van der Waals surface area contributed by atoms with Crippen LogP contribution in [0.4, 0.5) is 5.69 Å². The zero-order valence-corrected chi connectivity index (χ0v) is 19.8. The van der Waals surface area contributed by atoms with Crippen LogP contribution in [0.15, 0.2) is 80.2 Å². The number of Topliss-reactive ketones (excluding diaryl/α,β-unsaturated/α-hetero) is 1. The average molecular weight is 529 g/mol. The van der Waals surface area contributed by atoms with Crippen LogP contribution < -0.4 is 4.90 Å². The van der Waals surface area contributed by atoms with Crippen molar-refractivity contribution in [2.24, 2.45) is 0 Å². The van der Waals surface area contributed by atoms with Crippen LogP contribution in [0.25, 0.3) is 11.0 Å². The third kappa shape index (κ3) is 3.37. The monoisotopic (exact) mass is 527 g/mol. The van der Waals surface area contributed by atoms with E-state index in [1.807, 2.05) is 30.5 Å². The molecule has 0 saturated carbocycles. The molecule has 3 heterocycles. The summed E-state index contributed by atoms with van der Waals surface area (Å²) in [4.78, 5) is 29.0. The number of nitrogens with zero attached hydrogens (tertiary/aromatic N) is 1. The maximum absolute atomic E-state index is 13.6. The summed E-state index contributed by atoms with van der Waals surface area (Å²) in [7, 11) is 0. The molecule has 2 aromatic heterocycles. The molecule has 5 rings (SSSR count). The number of aryl methyl sites for hydroxylation is 1. The van der Waals surface area contributed by atoms with Gasteiger partial charge in [0.15, 0.2) is 11.5 Å². The lowest BCUT2D eigenvalue weighted by atomic mass is 9.98. The first kappa shape index (κ1) is 21.0. The van der Waals surface area contributed by atoms with Gasteiger partial charge in [-0.25, -0.2) is 0 Å². The molecule has 0 spiro atoms. The molecule has 1 aliphatic rings. The van der Waals surface area contributed by atoms with E-state index >= 15 is 0 Å². The number of benzene rings is 2. The predicted octanol–water partition coefficient (Wildman–Crippen LogP) is 7.00. The number of carbonyl (C=O) groups is 2.